The molecule has 4 nitrogen and oxygen atoms in total. The largest absolute Gasteiger partial charge is 0.479 e. The third kappa shape index (κ3) is 2.84. The summed E-state index contributed by atoms with van der Waals surface area (Å²) in [4.78, 5) is 25.2. The summed E-state index contributed by atoms with van der Waals surface area (Å²) in [6, 6.07) is 5.64. The molecule has 0 aliphatic carbocycles. The van der Waals surface area contributed by atoms with Crippen molar-refractivity contribution in [2.75, 3.05) is 6.54 Å². The Labute approximate surface area is 120 Å². The molecule has 0 aromatic heterocycles. The fourth-order valence-electron chi connectivity index (χ4n) is 2.66. The van der Waals surface area contributed by atoms with Crippen LogP contribution in [-0.2, 0) is 15.1 Å². The summed E-state index contributed by atoms with van der Waals surface area (Å²) in [6.07, 6.45) is 0.716. The number of hydrogen-bond acceptors (Lipinski definition) is 2. The van der Waals surface area contributed by atoms with Gasteiger partial charge in [0.15, 0.2) is 5.54 Å². The van der Waals surface area contributed by atoms with Crippen LogP contribution in [0.5, 0.6) is 0 Å². The minimum atomic E-state index is -1.33. The summed E-state index contributed by atoms with van der Waals surface area (Å²) in [5.41, 5.74) is 1.29. The van der Waals surface area contributed by atoms with Gasteiger partial charge in [-0.1, -0.05) is 30.7 Å². The molecule has 110 valence electrons. The molecule has 4 heteroatoms. The first kappa shape index (κ1) is 16.2. The maximum Gasteiger partial charge on any atom is 0.334 e. The van der Waals surface area contributed by atoms with Crippen molar-refractivity contribution >= 4 is 11.9 Å². The molecule has 1 rings (SSSR count). The highest BCUT2D eigenvalue weighted by molar-refractivity contribution is 5.87. The van der Waals surface area contributed by atoms with E-state index in [1.54, 1.807) is 6.92 Å². The average Bonchev–Trinajstić information content (AvgIpc) is 2.34. The number of carboxylic acids is 1. The summed E-state index contributed by atoms with van der Waals surface area (Å²) >= 11 is 0. The number of amides is 1. The van der Waals surface area contributed by atoms with Crippen LogP contribution in [0.1, 0.15) is 43.9 Å². The molecule has 0 fully saturated rings. The van der Waals surface area contributed by atoms with Gasteiger partial charge >= 0.3 is 5.97 Å². The van der Waals surface area contributed by atoms with E-state index >= 15 is 0 Å². The average molecular weight is 277 g/mol. The summed E-state index contributed by atoms with van der Waals surface area (Å²) in [5.74, 6) is -1.23. The lowest BCUT2D eigenvalue weighted by atomic mass is 9.85. The first-order valence-corrected chi connectivity index (χ1v) is 6.84. The van der Waals surface area contributed by atoms with Gasteiger partial charge in [0.1, 0.15) is 0 Å². The fourth-order valence-corrected chi connectivity index (χ4v) is 2.66. The number of aliphatic carboxylic acids is 1. The third-order valence-electron chi connectivity index (χ3n) is 3.69. The van der Waals surface area contributed by atoms with Crippen LogP contribution in [0.15, 0.2) is 18.2 Å². The van der Waals surface area contributed by atoms with E-state index in [2.05, 4.69) is 0 Å². The summed E-state index contributed by atoms with van der Waals surface area (Å²) in [6.45, 7) is 9.22. The van der Waals surface area contributed by atoms with Gasteiger partial charge in [0, 0.05) is 13.5 Å². The molecular formula is C16H23NO3. The quantitative estimate of drug-likeness (QED) is 0.900. The minimum Gasteiger partial charge on any atom is -0.479 e. The topological polar surface area (TPSA) is 57.6 Å². The number of carbonyl (C=O) groups is 2. The number of hydrogen-bond donors (Lipinski definition) is 1. The normalized spacial score (nSPS) is 13.7. The van der Waals surface area contributed by atoms with Gasteiger partial charge < -0.3 is 10.0 Å². The molecule has 0 spiro atoms. The monoisotopic (exact) mass is 277 g/mol. The fraction of sp³-hybridized carbons (Fsp3) is 0.500. The van der Waals surface area contributed by atoms with Crippen molar-refractivity contribution in [3.05, 3.63) is 34.9 Å². The van der Waals surface area contributed by atoms with Crippen molar-refractivity contribution in [3.63, 3.8) is 0 Å². The SMILES string of the molecule is CCCN(C(C)=O)C(C)(C(=O)O)c1ccc(C)cc1C. The molecular weight excluding hydrogens is 254 g/mol. The number of carboxylic acid groups (broad SMARTS) is 1. The van der Waals surface area contributed by atoms with Gasteiger partial charge in [-0.15, -0.1) is 0 Å². The van der Waals surface area contributed by atoms with Gasteiger partial charge in [0.2, 0.25) is 5.91 Å². The number of benzene rings is 1. The lowest BCUT2D eigenvalue weighted by Crippen LogP contribution is -2.52. The van der Waals surface area contributed by atoms with E-state index in [0.29, 0.717) is 18.5 Å². The summed E-state index contributed by atoms with van der Waals surface area (Å²) in [5, 5.41) is 9.73. The summed E-state index contributed by atoms with van der Waals surface area (Å²) in [7, 11) is 0. The van der Waals surface area contributed by atoms with Gasteiger partial charge in [-0.2, -0.15) is 0 Å². The Hall–Kier alpha value is -1.84. The standard InChI is InChI=1S/C16H23NO3/c1-6-9-17(13(4)18)16(5,15(19)20)14-8-7-11(2)10-12(14)3/h7-8,10H,6,9H2,1-5H3,(H,19,20). The third-order valence-corrected chi connectivity index (χ3v) is 3.69. The first-order valence-electron chi connectivity index (χ1n) is 6.84. The van der Waals surface area contributed by atoms with Crippen LogP contribution in [0.25, 0.3) is 0 Å². The van der Waals surface area contributed by atoms with Crippen LogP contribution in [-0.4, -0.2) is 28.4 Å². The Kier molecular flexibility index (Phi) is 4.93. The number of rotatable bonds is 5. The minimum absolute atomic E-state index is 0.225. The van der Waals surface area contributed by atoms with Gasteiger partial charge in [-0.25, -0.2) is 4.79 Å². The van der Waals surface area contributed by atoms with E-state index in [0.717, 1.165) is 11.1 Å². The predicted molar refractivity (Wildman–Crippen MR) is 78.6 cm³/mol. The highest BCUT2D eigenvalue weighted by Gasteiger charge is 2.43. The van der Waals surface area contributed by atoms with Gasteiger partial charge in [0.05, 0.1) is 0 Å². The van der Waals surface area contributed by atoms with E-state index in [1.807, 2.05) is 39.0 Å². The predicted octanol–water partition coefficient (Wildman–Crippen LogP) is 2.86. The molecule has 0 aliphatic heterocycles. The van der Waals surface area contributed by atoms with E-state index in [-0.39, 0.29) is 5.91 Å². The van der Waals surface area contributed by atoms with Crippen molar-refractivity contribution in [1.82, 2.24) is 4.90 Å². The van der Waals surface area contributed by atoms with Crippen LogP contribution in [0.4, 0.5) is 0 Å². The zero-order chi connectivity index (χ0) is 15.5. The highest BCUT2D eigenvalue weighted by Crippen LogP contribution is 2.32. The molecule has 0 aliphatic rings. The Morgan fingerprint density at radius 1 is 1.30 bits per heavy atom. The number of nitrogens with zero attached hydrogens (tertiary/aromatic N) is 1. The molecule has 1 aromatic carbocycles. The molecule has 0 saturated heterocycles. The van der Waals surface area contributed by atoms with Crippen LogP contribution in [0.3, 0.4) is 0 Å². The van der Waals surface area contributed by atoms with Gasteiger partial charge in [0.25, 0.3) is 0 Å². The van der Waals surface area contributed by atoms with Crippen molar-refractivity contribution < 1.29 is 14.7 Å². The smallest absolute Gasteiger partial charge is 0.334 e. The molecule has 0 radical (unpaired) electrons. The molecule has 0 saturated carbocycles. The van der Waals surface area contributed by atoms with Gasteiger partial charge in [-0.3, -0.25) is 4.79 Å². The molecule has 1 amide bonds. The first-order chi connectivity index (χ1) is 9.25. The van der Waals surface area contributed by atoms with Crippen molar-refractivity contribution in [1.29, 1.82) is 0 Å². The second kappa shape index (κ2) is 6.07. The van der Waals surface area contributed by atoms with Crippen LogP contribution in [0.2, 0.25) is 0 Å². The van der Waals surface area contributed by atoms with Crippen molar-refractivity contribution in [2.24, 2.45) is 0 Å². The van der Waals surface area contributed by atoms with E-state index < -0.39 is 11.5 Å². The molecule has 0 bridgehead atoms. The van der Waals surface area contributed by atoms with Crippen molar-refractivity contribution in [2.45, 2.75) is 46.6 Å². The van der Waals surface area contributed by atoms with E-state index in [4.69, 9.17) is 0 Å². The molecule has 20 heavy (non-hydrogen) atoms. The second-order valence-electron chi connectivity index (χ2n) is 5.37. The Balaban J connectivity index is 3.47. The van der Waals surface area contributed by atoms with Crippen LogP contribution < -0.4 is 0 Å². The molecule has 1 aromatic rings. The number of carbonyl (C=O) groups excluding carboxylic acids is 1. The maximum absolute atomic E-state index is 11.9. The zero-order valence-electron chi connectivity index (χ0n) is 12.9. The lowest BCUT2D eigenvalue weighted by Gasteiger charge is -2.38. The molecule has 1 N–H and O–H groups in total. The zero-order valence-corrected chi connectivity index (χ0v) is 12.9. The molecule has 1 unspecified atom stereocenters. The summed E-state index contributed by atoms with van der Waals surface area (Å²) < 4.78 is 0. The highest BCUT2D eigenvalue weighted by atomic mass is 16.4. The lowest BCUT2D eigenvalue weighted by molar-refractivity contribution is -0.158. The molecule has 1 atom stereocenters. The Bertz CT molecular complexity index is 524. The van der Waals surface area contributed by atoms with E-state index in [1.165, 1.54) is 11.8 Å². The van der Waals surface area contributed by atoms with Crippen LogP contribution in [0, 0.1) is 13.8 Å². The maximum atomic E-state index is 11.9. The Morgan fingerprint density at radius 2 is 1.90 bits per heavy atom. The van der Waals surface area contributed by atoms with Crippen molar-refractivity contribution in [3.8, 4) is 0 Å². The second-order valence-corrected chi connectivity index (χ2v) is 5.37. The van der Waals surface area contributed by atoms with Gasteiger partial charge in [-0.05, 0) is 38.3 Å². The van der Waals surface area contributed by atoms with Crippen LogP contribution >= 0.6 is 0 Å². The Morgan fingerprint density at radius 3 is 2.30 bits per heavy atom. The van der Waals surface area contributed by atoms with E-state index in [9.17, 15) is 14.7 Å². The molecule has 0 heterocycles. The number of aryl methyl sites for hydroxylation is 2.